The summed E-state index contributed by atoms with van der Waals surface area (Å²) in [6, 6.07) is 3.98. The molecule has 0 N–H and O–H groups in total. The second kappa shape index (κ2) is 9.02. The van der Waals surface area contributed by atoms with Crippen LogP contribution in [0.3, 0.4) is 0 Å². The molecule has 1 aromatic carbocycles. The van der Waals surface area contributed by atoms with Crippen molar-refractivity contribution in [1.82, 2.24) is 0 Å². The molecule has 0 bridgehead atoms. The Balaban J connectivity index is 2.69. The standard InChI is InChI=1S/C21H20F4/c1-13(2)19(23)20(24)16(5)15(4)11-9-14(3)10-12-17-7-6-8-18(22)21(17)25/h6-9,11H,1,3-5,10,12H2,2H3/b11-9-,20-19-. The Morgan fingerprint density at radius 3 is 2.24 bits per heavy atom. The molecule has 1 aromatic rings. The molecule has 0 aliphatic rings. The third-order valence-corrected chi connectivity index (χ3v) is 3.49. The molecule has 0 aliphatic heterocycles. The summed E-state index contributed by atoms with van der Waals surface area (Å²) in [5, 5.41) is 0. The number of hydrogen-bond acceptors (Lipinski definition) is 0. The van der Waals surface area contributed by atoms with Crippen LogP contribution in [0.1, 0.15) is 18.9 Å². The zero-order chi connectivity index (χ0) is 19.1. The highest BCUT2D eigenvalue weighted by molar-refractivity contribution is 5.50. The summed E-state index contributed by atoms with van der Waals surface area (Å²) in [5.74, 6) is -3.96. The van der Waals surface area contributed by atoms with Gasteiger partial charge < -0.3 is 0 Å². The van der Waals surface area contributed by atoms with Crippen molar-refractivity contribution in [1.29, 1.82) is 0 Å². The van der Waals surface area contributed by atoms with Gasteiger partial charge in [0.1, 0.15) is 0 Å². The number of benzene rings is 1. The second-order valence-electron chi connectivity index (χ2n) is 5.62. The first-order chi connectivity index (χ1) is 11.6. The van der Waals surface area contributed by atoms with Gasteiger partial charge >= 0.3 is 0 Å². The summed E-state index contributed by atoms with van der Waals surface area (Å²) in [6.07, 6.45) is 3.63. The summed E-state index contributed by atoms with van der Waals surface area (Å²) in [6.45, 7) is 15.6. The molecule has 0 radical (unpaired) electrons. The van der Waals surface area contributed by atoms with Gasteiger partial charge in [-0.3, -0.25) is 0 Å². The Labute approximate surface area is 145 Å². The Morgan fingerprint density at radius 2 is 1.64 bits per heavy atom. The molecule has 0 heterocycles. The molecule has 132 valence electrons. The largest absolute Gasteiger partial charge is 0.204 e. The lowest BCUT2D eigenvalue weighted by Crippen LogP contribution is -1.95. The molecule has 0 aromatic heterocycles. The predicted molar refractivity (Wildman–Crippen MR) is 95.3 cm³/mol. The molecular formula is C21H20F4. The third kappa shape index (κ3) is 5.75. The molecule has 0 spiro atoms. The van der Waals surface area contributed by atoms with E-state index in [1.807, 2.05) is 0 Å². The first-order valence-electron chi connectivity index (χ1n) is 7.53. The summed E-state index contributed by atoms with van der Waals surface area (Å²) in [5.41, 5.74) is 0.780. The molecule has 0 fully saturated rings. The highest BCUT2D eigenvalue weighted by Crippen LogP contribution is 2.26. The zero-order valence-electron chi connectivity index (χ0n) is 14.1. The molecule has 0 saturated heterocycles. The summed E-state index contributed by atoms with van der Waals surface area (Å²) in [7, 11) is 0. The number of halogens is 4. The minimum absolute atomic E-state index is 0.0445. The first-order valence-corrected chi connectivity index (χ1v) is 7.53. The van der Waals surface area contributed by atoms with Crippen molar-refractivity contribution in [3.63, 3.8) is 0 Å². The van der Waals surface area contributed by atoms with Crippen molar-refractivity contribution in [2.45, 2.75) is 19.8 Å². The summed E-state index contributed by atoms with van der Waals surface area (Å²) in [4.78, 5) is 0. The second-order valence-corrected chi connectivity index (χ2v) is 5.62. The van der Waals surface area contributed by atoms with E-state index in [4.69, 9.17) is 0 Å². The molecule has 0 unspecified atom stereocenters. The average molecular weight is 348 g/mol. The molecule has 0 aliphatic carbocycles. The van der Waals surface area contributed by atoms with Gasteiger partial charge in [-0.25, -0.2) is 17.6 Å². The smallest absolute Gasteiger partial charge is 0.166 e. The van der Waals surface area contributed by atoms with Gasteiger partial charge in [-0.15, -0.1) is 0 Å². The molecule has 0 saturated carbocycles. The van der Waals surface area contributed by atoms with Crippen LogP contribution in [0.5, 0.6) is 0 Å². The normalized spacial score (nSPS) is 12.0. The summed E-state index contributed by atoms with van der Waals surface area (Å²) < 4.78 is 54.0. The molecule has 4 heteroatoms. The van der Waals surface area contributed by atoms with E-state index in [1.165, 1.54) is 25.1 Å². The Kier molecular flexibility index (Phi) is 7.37. The van der Waals surface area contributed by atoms with E-state index >= 15 is 0 Å². The Bertz CT molecular complexity index is 779. The van der Waals surface area contributed by atoms with Crippen molar-refractivity contribution in [2.24, 2.45) is 0 Å². The number of aryl methyl sites for hydroxylation is 1. The van der Waals surface area contributed by atoms with Crippen LogP contribution in [0.4, 0.5) is 17.6 Å². The maximum atomic E-state index is 13.8. The predicted octanol–water partition coefficient (Wildman–Crippen LogP) is 6.85. The number of rotatable bonds is 8. The van der Waals surface area contributed by atoms with Crippen LogP contribution in [0.25, 0.3) is 0 Å². The fourth-order valence-electron chi connectivity index (χ4n) is 1.90. The highest BCUT2D eigenvalue weighted by Gasteiger charge is 2.12. The topological polar surface area (TPSA) is 0 Å². The van der Waals surface area contributed by atoms with Gasteiger partial charge in [0.25, 0.3) is 0 Å². The van der Waals surface area contributed by atoms with E-state index < -0.39 is 23.3 Å². The Morgan fingerprint density at radius 1 is 1.00 bits per heavy atom. The lowest BCUT2D eigenvalue weighted by atomic mass is 10.0. The van der Waals surface area contributed by atoms with Crippen LogP contribution in [-0.4, -0.2) is 0 Å². The van der Waals surface area contributed by atoms with Gasteiger partial charge in [-0.2, -0.15) is 0 Å². The maximum absolute atomic E-state index is 13.8. The van der Waals surface area contributed by atoms with Crippen molar-refractivity contribution >= 4 is 0 Å². The summed E-state index contributed by atoms with van der Waals surface area (Å²) >= 11 is 0. The van der Waals surface area contributed by atoms with Crippen LogP contribution in [-0.2, 0) is 6.42 Å². The van der Waals surface area contributed by atoms with Gasteiger partial charge in [0.2, 0.25) is 0 Å². The molecular weight excluding hydrogens is 328 g/mol. The molecule has 25 heavy (non-hydrogen) atoms. The molecule has 0 amide bonds. The lowest BCUT2D eigenvalue weighted by molar-refractivity contribution is 0.498. The van der Waals surface area contributed by atoms with Gasteiger partial charge in [0.05, 0.1) is 0 Å². The van der Waals surface area contributed by atoms with Gasteiger partial charge in [-0.05, 0) is 42.5 Å². The monoisotopic (exact) mass is 348 g/mol. The average Bonchev–Trinajstić information content (AvgIpc) is 2.58. The van der Waals surface area contributed by atoms with Crippen LogP contribution in [0.2, 0.25) is 0 Å². The van der Waals surface area contributed by atoms with E-state index in [-0.39, 0.29) is 28.7 Å². The van der Waals surface area contributed by atoms with Crippen LogP contribution < -0.4 is 0 Å². The Hall–Kier alpha value is -2.62. The minimum Gasteiger partial charge on any atom is -0.204 e. The van der Waals surface area contributed by atoms with E-state index in [1.54, 1.807) is 6.08 Å². The minimum atomic E-state index is -1.12. The van der Waals surface area contributed by atoms with Crippen molar-refractivity contribution in [3.05, 3.63) is 108 Å². The van der Waals surface area contributed by atoms with Gasteiger partial charge in [-0.1, -0.05) is 56.2 Å². The van der Waals surface area contributed by atoms with Crippen LogP contribution in [0.15, 0.2) is 90.6 Å². The third-order valence-electron chi connectivity index (χ3n) is 3.49. The SMILES string of the molecule is C=C(/C=C\C(=C)C(=C)/C(F)=C(/F)C(=C)C)CCc1cccc(F)c1F. The zero-order valence-corrected chi connectivity index (χ0v) is 14.1. The van der Waals surface area contributed by atoms with E-state index in [2.05, 4.69) is 26.3 Å². The van der Waals surface area contributed by atoms with E-state index in [0.29, 0.717) is 12.0 Å². The van der Waals surface area contributed by atoms with E-state index in [9.17, 15) is 17.6 Å². The van der Waals surface area contributed by atoms with Crippen LogP contribution in [0, 0.1) is 11.6 Å². The van der Waals surface area contributed by atoms with Crippen molar-refractivity contribution in [3.8, 4) is 0 Å². The van der Waals surface area contributed by atoms with Crippen LogP contribution >= 0.6 is 0 Å². The first kappa shape index (κ1) is 20.4. The molecule has 0 nitrogen and oxygen atoms in total. The van der Waals surface area contributed by atoms with E-state index in [0.717, 1.165) is 6.07 Å². The highest BCUT2D eigenvalue weighted by atomic mass is 19.2. The fraction of sp³-hybridized carbons (Fsp3) is 0.143. The molecule has 0 atom stereocenters. The maximum Gasteiger partial charge on any atom is 0.166 e. The lowest BCUT2D eigenvalue weighted by Gasteiger charge is -2.06. The number of allylic oxidation sites excluding steroid dienone is 8. The fourth-order valence-corrected chi connectivity index (χ4v) is 1.90. The molecule has 1 rings (SSSR count). The van der Waals surface area contributed by atoms with Gasteiger partial charge in [0.15, 0.2) is 23.3 Å². The van der Waals surface area contributed by atoms with Crippen molar-refractivity contribution < 1.29 is 17.6 Å². The van der Waals surface area contributed by atoms with Gasteiger partial charge in [0, 0.05) is 5.57 Å². The van der Waals surface area contributed by atoms with Crippen molar-refractivity contribution in [2.75, 3.05) is 0 Å². The number of hydrogen-bond donors (Lipinski definition) is 0. The quantitative estimate of drug-likeness (QED) is 0.356.